The van der Waals surface area contributed by atoms with Gasteiger partial charge in [-0.05, 0) is 25.8 Å². The highest BCUT2D eigenvalue weighted by Gasteiger charge is 2.10. The van der Waals surface area contributed by atoms with Crippen LogP contribution in [0.4, 0.5) is 0 Å². The summed E-state index contributed by atoms with van der Waals surface area (Å²) >= 11 is 1.66. The van der Waals surface area contributed by atoms with Gasteiger partial charge in [0.15, 0.2) is 0 Å². The molecular formula is C11H20N2OS. The predicted molar refractivity (Wildman–Crippen MR) is 64.0 cm³/mol. The normalized spacial score (nSPS) is 15.5. The minimum atomic E-state index is -0.203. The van der Waals surface area contributed by atoms with Crippen molar-refractivity contribution in [2.45, 2.75) is 39.3 Å². The molecule has 1 rings (SSSR count). The van der Waals surface area contributed by atoms with Crippen molar-refractivity contribution in [2.75, 3.05) is 6.54 Å². The molecule has 3 nitrogen and oxygen atoms in total. The number of nitrogens with one attached hydrogen (secondary N) is 1. The molecule has 0 fully saturated rings. The summed E-state index contributed by atoms with van der Waals surface area (Å²) in [5, 5.41) is 13.0. The third-order valence-electron chi connectivity index (χ3n) is 2.54. The van der Waals surface area contributed by atoms with Crippen LogP contribution < -0.4 is 5.32 Å². The molecule has 0 bridgehead atoms. The zero-order valence-electron chi connectivity index (χ0n) is 9.60. The van der Waals surface area contributed by atoms with Gasteiger partial charge in [-0.25, -0.2) is 0 Å². The number of rotatable bonds is 6. The number of hydrogen-bond donors (Lipinski definition) is 2. The van der Waals surface area contributed by atoms with E-state index in [1.165, 1.54) is 4.88 Å². The maximum Gasteiger partial charge on any atom is 0.0794 e. The maximum absolute atomic E-state index is 9.62. The maximum atomic E-state index is 9.62. The second-order valence-corrected chi connectivity index (χ2v) is 5.10. The van der Waals surface area contributed by atoms with Crippen LogP contribution in [0.5, 0.6) is 0 Å². The smallest absolute Gasteiger partial charge is 0.0794 e. The van der Waals surface area contributed by atoms with Gasteiger partial charge in [0.1, 0.15) is 0 Å². The summed E-state index contributed by atoms with van der Waals surface area (Å²) in [6.07, 6.45) is 2.49. The molecule has 0 saturated carbocycles. The van der Waals surface area contributed by atoms with Gasteiger partial charge in [-0.3, -0.25) is 4.98 Å². The highest BCUT2D eigenvalue weighted by atomic mass is 32.1. The average molecular weight is 228 g/mol. The molecule has 0 amide bonds. The molecule has 0 radical (unpaired) electrons. The second-order valence-electron chi connectivity index (χ2n) is 4.18. The quantitative estimate of drug-likeness (QED) is 0.784. The Kier molecular flexibility index (Phi) is 5.22. The van der Waals surface area contributed by atoms with Crippen LogP contribution in [0, 0.1) is 5.92 Å². The van der Waals surface area contributed by atoms with Gasteiger partial charge in [0.2, 0.25) is 0 Å². The van der Waals surface area contributed by atoms with Crippen molar-refractivity contribution in [2.24, 2.45) is 5.92 Å². The third kappa shape index (κ3) is 4.28. The molecule has 1 aromatic heterocycles. The van der Waals surface area contributed by atoms with Crippen molar-refractivity contribution >= 4 is 11.3 Å². The van der Waals surface area contributed by atoms with E-state index in [1.807, 2.05) is 25.6 Å². The van der Waals surface area contributed by atoms with Gasteiger partial charge in [0.05, 0.1) is 11.6 Å². The number of nitrogens with zero attached hydrogens (tertiary/aromatic N) is 1. The van der Waals surface area contributed by atoms with E-state index >= 15 is 0 Å². The number of hydrogen-bond acceptors (Lipinski definition) is 4. The predicted octanol–water partition coefficient (Wildman–Crippen LogP) is 2.20. The first-order chi connectivity index (χ1) is 7.11. The first-order valence-electron chi connectivity index (χ1n) is 5.41. The SMILES string of the molecule is CC(NCCC(O)C(C)C)c1cncs1. The van der Waals surface area contributed by atoms with E-state index in [2.05, 4.69) is 17.2 Å². The molecule has 0 aliphatic heterocycles. The van der Waals surface area contributed by atoms with E-state index < -0.39 is 0 Å². The van der Waals surface area contributed by atoms with E-state index in [4.69, 9.17) is 0 Å². The summed E-state index contributed by atoms with van der Waals surface area (Å²) in [5.74, 6) is 0.338. The second kappa shape index (κ2) is 6.20. The summed E-state index contributed by atoms with van der Waals surface area (Å²) in [5.41, 5.74) is 1.84. The molecule has 0 aliphatic rings. The van der Waals surface area contributed by atoms with Gasteiger partial charge < -0.3 is 10.4 Å². The van der Waals surface area contributed by atoms with E-state index in [9.17, 15) is 5.11 Å². The molecule has 1 heterocycles. The summed E-state index contributed by atoms with van der Waals surface area (Å²) < 4.78 is 0. The number of thiazole rings is 1. The fraction of sp³-hybridized carbons (Fsp3) is 0.727. The van der Waals surface area contributed by atoms with Crippen molar-refractivity contribution in [1.82, 2.24) is 10.3 Å². The summed E-state index contributed by atoms with van der Waals surface area (Å²) in [7, 11) is 0. The van der Waals surface area contributed by atoms with E-state index in [1.54, 1.807) is 11.3 Å². The number of aromatic nitrogens is 1. The zero-order chi connectivity index (χ0) is 11.3. The molecule has 0 spiro atoms. The minimum Gasteiger partial charge on any atom is -0.393 e. The molecule has 1 aromatic rings. The number of aliphatic hydroxyl groups excluding tert-OH is 1. The lowest BCUT2D eigenvalue weighted by Gasteiger charge is -2.16. The highest BCUT2D eigenvalue weighted by molar-refractivity contribution is 7.09. The van der Waals surface area contributed by atoms with Crippen LogP contribution in [0.25, 0.3) is 0 Å². The van der Waals surface area contributed by atoms with Gasteiger partial charge in [0.25, 0.3) is 0 Å². The Bertz CT molecular complexity index is 262. The van der Waals surface area contributed by atoms with Gasteiger partial charge in [-0.1, -0.05) is 13.8 Å². The molecular weight excluding hydrogens is 208 g/mol. The van der Waals surface area contributed by atoms with E-state index in [0.29, 0.717) is 12.0 Å². The summed E-state index contributed by atoms with van der Waals surface area (Å²) in [4.78, 5) is 5.29. The largest absolute Gasteiger partial charge is 0.393 e. The Morgan fingerprint density at radius 3 is 2.73 bits per heavy atom. The van der Waals surface area contributed by atoms with Gasteiger partial charge >= 0.3 is 0 Å². The monoisotopic (exact) mass is 228 g/mol. The first-order valence-corrected chi connectivity index (χ1v) is 6.29. The van der Waals surface area contributed by atoms with Crippen LogP contribution in [0.3, 0.4) is 0 Å². The summed E-state index contributed by atoms with van der Waals surface area (Å²) in [6.45, 7) is 7.04. The highest BCUT2D eigenvalue weighted by Crippen LogP contribution is 2.16. The Hall–Kier alpha value is -0.450. The van der Waals surface area contributed by atoms with Crippen LogP contribution in [-0.4, -0.2) is 22.7 Å². The molecule has 4 heteroatoms. The Labute approximate surface area is 95.6 Å². The lowest BCUT2D eigenvalue weighted by atomic mass is 10.0. The van der Waals surface area contributed by atoms with Gasteiger partial charge in [0, 0.05) is 17.1 Å². The van der Waals surface area contributed by atoms with E-state index in [0.717, 1.165) is 13.0 Å². The number of aliphatic hydroxyl groups is 1. The van der Waals surface area contributed by atoms with Crippen molar-refractivity contribution in [1.29, 1.82) is 0 Å². The van der Waals surface area contributed by atoms with Crippen LogP contribution in [0.2, 0.25) is 0 Å². The topological polar surface area (TPSA) is 45.1 Å². The molecule has 2 unspecified atom stereocenters. The van der Waals surface area contributed by atoms with Crippen LogP contribution in [-0.2, 0) is 0 Å². The molecule has 0 aliphatic carbocycles. The lowest BCUT2D eigenvalue weighted by molar-refractivity contribution is 0.115. The van der Waals surface area contributed by atoms with Crippen LogP contribution in [0.15, 0.2) is 11.7 Å². The average Bonchev–Trinajstić information content (AvgIpc) is 2.70. The Morgan fingerprint density at radius 1 is 1.47 bits per heavy atom. The standard InChI is InChI=1S/C11H20N2OS/c1-8(2)10(14)4-5-13-9(3)11-6-12-7-15-11/h6-10,13-14H,4-5H2,1-3H3. The zero-order valence-corrected chi connectivity index (χ0v) is 10.4. The van der Waals surface area contributed by atoms with Crippen LogP contribution >= 0.6 is 11.3 Å². The fourth-order valence-electron chi connectivity index (χ4n) is 1.32. The fourth-order valence-corrected chi connectivity index (χ4v) is 1.97. The lowest BCUT2D eigenvalue weighted by Crippen LogP contribution is -2.25. The molecule has 86 valence electrons. The first kappa shape index (κ1) is 12.6. The molecule has 2 N–H and O–H groups in total. The van der Waals surface area contributed by atoms with Crippen molar-refractivity contribution < 1.29 is 5.11 Å². The van der Waals surface area contributed by atoms with E-state index in [-0.39, 0.29) is 6.10 Å². The Balaban J connectivity index is 2.21. The third-order valence-corrected chi connectivity index (χ3v) is 3.50. The van der Waals surface area contributed by atoms with Crippen LogP contribution in [0.1, 0.15) is 38.1 Å². The van der Waals surface area contributed by atoms with Crippen molar-refractivity contribution in [3.05, 3.63) is 16.6 Å². The summed E-state index contributed by atoms with van der Waals surface area (Å²) in [6, 6.07) is 0.330. The Morgan fingerprint density at radius 2 is 2.20 bits per heavy atom. The molecule has 15 heavy (non-hydrogen) atoms. The van der Waals surface area contributed by atoms with Crippen molar-refractivity contribution in [3.8, 4) is 0 Å². The van der Waals surface area contributed by atoms with Gasteiger partial charge in [-0.15, -0.1) is 11.3 Å². The molecule has 0 aromatic carbocycles. The minimum absolute atomic E-state index is 0.203. The molecule has 2 atom stereocenters. The molecule has 0 saturated heterocycles. The van der Waals surface area contributed by atoms with Gasteiger partial charge in [-0.2, -0.15) is 0 Å². The van der Waals surface area contributed by atoms with Crippen molar-refractivity contribution in [3.63, 3.8) is 0 Å².